The van der Waals surface area contributed by atoms with E-state index in [1.165, 1.54) is 6.07 Å². The van der Waals surface area contributed by atoms with Gasteiger partial charge < -0.3 is 10.7 Å². The molecule has 1 fully saturated rings. The molecule has 1 aliphatic rings. The Morgan fingerprint density at radius 2 is 1.83 bits per heavy atom. The summed E-state index contributed by atoms with van der Waals surface area (Å²) in [6, 6.07) is 13.1. The largest absolute Gasteiger partial charge is 0.342 e. The Bertz CT molecular complexity index is 832. The third-order valence-corrected chi connectivity index (χ3v) is 4.84. The quantitative estimate of drug-likeness (QED) is 0.739. The Balaban J connectivity index is 1.69. The molecule has 0 bridgehead atoms. The van der Waals surface area contributed by atoms with Crippen molar-refractivity contribution in [2.45, 2.75) is 37.6 Å². The fraction of sp³-hybridized carbons (Fsp3) is 0.316. The summed E-state index contributed by atoms with van der Waals surface area (Å²) in [5, 5.41) is 0. The van der Waals surface area contributed by atoms with Gasteiger partial charge in [-0.2, -0.15) is 0 Å². The summed E-state index contributed by atoms with van der Waals surface area (Å²) < 4.78 is 14.0. The fourth-order valence-electron chi connectivity index (χ4n) is 3.48. The van der Waals surface area contributed by atoms with Crippen molar-refractivity contribution in [1.82, 2.24) is 9.97 Å². The van der Waals surface area contributed by atoms with Crippen LogP contribution in [0.2, 0.25) is 0 Å². The Labute approximate surface area is 134 Å². The number of hydrogen-bond acceptors (Lipinski definition) is 2. The van der Waals surface area contributed by atoms with Crippen LogP contribution >= 0.6 is 0 Å². The number of halogens is 1. The lowest BCUT2D eigenvalue weighted by molar-refractivity contribution is 0.386. The van der Waals surface area contributed by atoms with E-state index in [1.807, 2.05) is 24.3 Å². The van der Waals surface area contributed by atoms with E-state index >= 15 is 0 Å². The first-order chi connectivity index (χ1) is 11.2. The van der Waals surface area contributed by atoms with E-state index in [0.717, 1.165) is 48.1 Å². The zero-order valence-corrected chi connectivity index (χ0v) is 12.9. The molecular weight excluding hydrogens is 289 g/mol. The number of fused-ring (bicyclic) bond motifs is 1. The molecule has 0 aliphatic heterocycles. The van der Waals surface area contributed by atoms with Crippen molar-refractivity contribution in [2.75, 3.05) is 0 Å². The van der Waals surface area contributed by atoms with Crippen LogP contribution < -0.4 is 5.73 Å². The van der Waals surface area contributed by atoms with Gasteiger partial charge in [0.25, 0.3) is 0 Å². The molecule has 4 rings (SSSR count). The van der Waals surface area contributed by atoms with Crippen molar-refractivity contribution in [3.63, 3.8) is 0 Å². The maximum Gasteiger partial charge on any atom is 0.131 e. The minimum Gasteiger partial charge on any atom is -0.342 e. The molecule has 1 aliphatic carbocycles. The van der Waals surface area contributed by atoms with Crippen LogP contribution in [0, 0.1) is 5.82 Å². The van der Waals surface area contributed by atoms with Gasteiger partial charge in [0.05, 0.1) is 11.0 Å². The highest BCUT2D eigenvalue weighted by Gasteiger charge is 2.22. The number of aromatic amines is 1. The summed E-state index contributed by atoms with van der Waals surface area (Å²) in [5.41, 5.74) is 9.38. The van der Waals surface area contributed by atoms with E-state index in [0.29, 0.717) is 17.5 Å². The monoisotopic (exact) mass is 309 g/mol. The number of aromatic nitrogens is 2. The second kappa shape index (κ2) is 5.78. The van der Waals surface area contributed by atoms with Crippen LogP contribution in [-0.4, -0.2) is 16.0 Å². The van der Waals surface area contributed by atoms with Crippen LogP contribution in [0.25, 0.3) is 22.2 Å². The van der Waals surface area contributed by atoms with Crippen molar-refractivity contribution in [3.05, 3.63) is 54.1 Å². The predicted octanol–water partition coefficient (Wildman–Crippen LogP) is 4.35. The Hall–Kier alpha value is -2.20. The molecule has 0 saturated heterocycles. The molecule has 1 saturated carbocycles. The van der Waals surface area contributed by atoms with Crippen molar-refractivity contribution >= 4 is 11.0 Å². The maximum absolute atomic E-state index is 14.0. The first-order valence-electron chi connectivity index (χ1n) is 8.21. The molecule has 4 heteroatoms. The number of H-pyrrole nitrogens is 1. The maximum atomic E-state index is 14.0. The zero-order chi connectivity index (χ0) is 15.8. The Morgan fingerprint density at radius 1 is 1.04 bits per heavy atom. The van der Waals surface area contributed by atoms with Gasteiger partial charge in [-0.25, -0.2) is 9.37 Å². The van der Waals surface area contributed by atoms with Gasteiger partial charge >= 0.3 is 0 Å². The van der Waals surface area contributed by atoms with Crippen molar-refractivity contribution in [1.29, 1.82) is 0 Å². The Morgan fingerprint density at radius 3 is 2.61 bits per heavy atom. The lowest BCUT2D eigenvalue weighted by Crippen LogP contribution is -2.26. The highest BCUT2D eigenvalue weighted by molar-refractivity contribution is 5.82. The SMILES string of the molecule is NC1CCC(c2nc3ccc(-c4ccccc4F)cc3[nH]2)CC1. The number of imidazole rings is 1. The van der Waals surface area contributed by atoms with Crippen LogP contribution in [-0.2, 0) is 0 Å². The molecule has 0 radical (unpaired) electrons. The van der Waals surface area contributed by atoms with Gasteiger partial charge in [0.15, 0.2) is 0 Å². The van der Waals surface area contributed by atoms with Crippen molar-refractivity contribution < 1.29 is 4.39 Å². The molecule has 1 aromatic heterocycles. The number of rotatable bonds is 2. The fourth-order valence-corrected chi connectivity index (χ4v) is 3.48. The van der Waals surface area contributed by atoms with Gasteiger partial charge in [-0.3, -0.25) is 0 Å². The Kier molecular flexibility index (Phi) is 3.62. The molecule has 3 N–H and O–H groups in total. The van der Waals surface area contributed by atoms with Crippen LogP contribution in [0.5, 0.6) is 0 Å². The van der Waals surface area contributed by atoms with Gasteiger partial charge in [-0.1, -0.05) is 24.3 Å². The molecule has 3 aromatic rings. The van der Waals surface area contributed by atoms with Crippen LogP contribution in [0.4, 0.5) is 4.39 Å². The molecule has 0 atom stereocenters. The summed E-state index contributed by atoms with van der Waals surface area (Å²) in [6.07, 6.45) is 4.28. The van der Waals surface area contributed by atoms with Crippen LogP contribution in [0.15, 0.2) is 42.5 Å². The third kappa shape index (κ3) is 2.75. The predicted molar refractivity (Wildman–Crippen MR) is 90.7 cm³/mol. The summed E-state index contributed by atoms with van der Waals surface area (Å²) >= 11 is 0. The van der Waals surface area contributed by atoms with E-state index < -0.39 is 0 Å². The van der Waals surface area contributed by atoms with Crippen molar-refractivity contribution in [3.8, 4) is 11.1 Å². The second-order valence-corrected chi connectivity index (χ2v) is 6.45. The first-order valence-corrected chi connectivity index (χ1v) is 8.21. The van der Waals surface area contributed by atoms with Gasteiger partial charge in [-0.05, 0) is 49.4 Å². The molecule has 0 spiro atoms. The normalized spacial score (nSPS) is 21.7. The summed E-state index contributed by atoms with van der Waals surface area (Å²) in [7, 11) is 0. The van der Waals surface area contributed by atoms with E-state index in [2.05, 4.69) is 4.98 Å². The van der Waals surface area contributed by atoms with E-state index in [-0.39, 0.29) is 5.82 Å². The third-order valence-electron chi connectivity index (χ3n) is 4.84. The number of benzene rings is 2. The number of nitrogens with two attached hydrogens (primary N) is 1. The number of nitrogens with one attached hydrogen (secondary N) is 1. The van der Waals surface area contributed by atoms with Crippen LogP contribution in [0.1, 0.15) is 37.4 Å². The number of hydrogen-bond donors (Lipinski definition) is 2. The van der Waals surface area contributed by atoms with Crippen LogP contribution in [0.3, 0.4) is 0 Å². The summed E-state index contributed by atoms with van der Waals surface area (Å²) in [4.78, 5) is 8.16. The molecule has 2 aromatic carbocycles. The van der Waals surface area contributed by atoms with Gasteiger partial charge in [0.2, 0.25) is 0 Å². The first kappa shape index (κ1) is 14.4. The average molecular weight is 309 g/mol. The van der Waals surface area contributed by atoms with Crippen molar-refractivity contribution in [2.24, 2.45) is 5.73 Å². The highest BCUT2D eigenvalue weighted by Crippen LogP contribution is 2.32. The smallest absolute Gasteiger partial charge is 0.131 e. The molecule has 0 unspecified atom stereocenters. The highest BCUT2D eigenvalue weighted by atomic mass is 19.1. The topological polar surface area (TPSA) is 54.7 Å². The van der Waals surface area contributed by atoms with Gasteiger partial charge in [0, 0.05) is 17.5 Å². The molecular formula is C19H20FN3. The molecule has 118 valence electrons. The van der Waals surface area contributed by atoms with Gasteiger partial charge in [-0.15, -0.1) is 0 Å². The van der Waals surface area contributed by atoms with E-state index in [9.17, 15) is 4.39 Å². The molecule has 0 amide bonds. The average Bonchev–Trinajstić information content (AvgIpc) is 2.99. The lowest BCUT2D eigenvalue weighted by atomic mass is 9.86. The van der Waals surface area contributed by atoms with E-state index in [4.69, 9.17) is 10.7 Å². The summed E-state index contributed by atoms with van der Waals surface area (Å²) in [5.74, 6) is 1.30. The van der Waals surface area contributed by atoms with Gasteiger partial charge in [0.1, 0.15) is 11.6 Å². The minimum absolute atomic E-state index is 0.201. The molecule has 3 nitrogen and oxygen atoms in total. The minimum atomic E-state index is -0.201. The lowest BCUT2D eigenvalue weighted by Gasteiger charge is -2.24. The standard InChI is InChI=1S/C19H20FN3/c20-16-4-2-1-3-15(16)13-7-10-17-18(11-13)23-19(22-17)12-5-8-14(21)9-6-12/h1-4,7,10-12,14H,5-6,8-9,21H2,(H,22,23). The van der Waals surface area contributed by atoms with E-state index in [1.54, 1.807) is 12.1 Å². The zero-order valence-electron chi connectivity index (χ0n) is 12.9. The number of nitrogens with zero attached hydrogens (tertiary/aromatic N) is 1. The second-order valence-electron chi connectivity index (χ2n) is 6.45. The molecule has 23 heavy (non-hydrogen) atoms. The summed E-state index contributed by atoms with van der Waals surface area (Å²) in [6.45, 7) is 0. The molecule has 1 heterocycles.